The predicted molar refractivity (Wildman–Crippen MR) is 82.4 cm³/mol. The fourth-order valence-corrected chi connectivity index (χ4v) is 2.19. The van der Waals surface area contributed by atoms with E-state index in [9.17, 15) is 9.90 Å². The van der Waals surface area contributed by atoms with E-state index in [-0.39, 0.29) is 11.9 Å². The van der Waals surface area contributed by atoms with Gasteiger partial charge in [0.2, 0.25) is 5.91 Å². The van der Waals surface area contributed by atoms with Crippen LogP contribution in [-0.4, -0.2) is 29.8 Å². The van der Waals surface area contributed by atoms with Gasteiger partial charge < -0.3 is 15.2 Å². The standard InChI is InChI=1S/C15H22BrNO3/c1-4-13(20-5-2)15(19)17-10(3)14(18)11-6-8-12(16)9-7-11/h6-10,13-14,18H,4-5H2,1-3H3,(H,17,19). The van der Waals surface area contributed by atoms with Crippen LogP contribution in [0.2, 0.25) is 0 Å². The van der Waals surface area contributed by atoms with Crippen molar-refractivity contribution in [1.82, 2.24) is 5.32 Å². The van der Waals surface area contributed by atoms with Gasteiger partial charge in [-0.2, -0.15) is 0 Å². The first-order chi connectivity index (χ1) is 9.49. The maximum atomic E-state index is 12.0. The molecule has 0 spiro atoms. The van der Waals surface area contributed by atoms with Gasteiger partial charge in [-0.3, -0.25) is 4.79 Å². The molecule has 112 valence electrons. The van der Waals surface area contributed by atoms with Crippen molar-refractivity contribution >= 4 is 21.8 Å². The molecule has 1 aromatic rings. The summed E-state index contributed by atoms with van der Waals surface area (Å²) in [7, 11) is 0. The molecule has 1 aromatic carbocycles. The van der Waals surface area contributed by atoms with Gasteiger partial charge in [-0.15, -0.1) is 0 Å². The number of amides is 1. The second kappa shape index (κ2) is 8.39. The quantitative estimate of drug-likeness (QED) is 0.800. The van der Waals surface area contributed by atoms with Crippen molar-refractivity contribution in [1.29, 1.82) is 0 Å². The molecule has 0 aliphatic rings. The zero-order chi connectivity index (χ0) is 15.1. The summed E-state index contributed by atoms with van der Waals surface area (Å²) in [5.74, 6) is -0.182. The predicted octanol–water partition coefficient (Wildman–Crippen LogP) is 2.80. The lowest BCUT2D eigenvalue weighted by Gasteiger charge is -2.23. The Kier molecular flexibility index (Phi) is 7.19. The third-order valence-electron chi connectivity index (χ3n) is 3.09. The highest BCUT2D eigenvalue weighted by Crippen LogP contribution is 2.19. The van der Waals surface area contributed by atoms with E-state index >= 15 is 0 Å². The Morgan fingerprint density at radius 2 is 1.95 bits per heavy atom. The SMILES string of the molecule is CCOC(CC)C(=O)NC(C)C(O)c1ccc(Br)cc1. The van der Waals surface area contributed by atoms with Gasteiger partial charge in [-0.05, 0) is 38.0 Å². The molecule has 4 nitrogen and oxygen atoms in total. The molecule has 0 aliphatic carbocycles. The molecule has 1 amide bonds. The largest absolute Gasteiger partial charge is 0.386 e. The zero-order valence-corrected chi connectivity index (χ0v) is 13.7. The van der Waals surface area contributed by atoms with Crippen LogP contribution in [-0.2, 0) is 9.53 Å². The topological polar surface area (TPSA) is 58.6 Å². The number of aliphatic hydroxyl groups is 1. The molecule has 1 rings (SSSR count). The number of hydrogen-bond acceptors (Lipinski definition) is 3. The molecule has 0 aromatic heterocycles. The number of aliphatic hydroxyl groups excluding tert-OH is 1. The smallest absolute Gasteiger partial charge is 0.249 e. The van der Waals surface area contributed by atoms with Crippen LogP contribution in [0, 0.1) is 0 Å². The maximum absolute atomic E-state index is 12.0. The number of carbonyl (C=O) groups is 1. The number of nitrogens with one attached hydrogen (secondary N) is 1. The van der Waals surface area contributed by atoms with Gasteiger partial charge >= 0.3 is 0 Å². The molecule has 2 N–H and O–H groups in total. The molecule has 0 radical (unpaired) electrons. The molecule has 0 fully saturated rings. The first-order valence-corrected chi connectivity index (χ1v) is 7.64. The summed E-state index contributed by atoms with van der Waals surface area (Å²) in [6.45, 7) is 6.03. The van der Waals surface area contributed by atoms with Crippen molar-refractivity contribution in [2.75, 3.05) is 6.61 Å². The van der Waals surface area contributed by atoms with Crippen molar-refractivity contribution in [3.05, 3.63) is 34.3 Å². The lowest BCUT2D eigenvalue weighted by atomic mass is 10.0. The summed E-state index contributed by atoms with van der Waals surface area (Å²) in [6, 6.07) is 7.01. The second-order valence-corrected chi connectivity index (χ2v) is 5.56. The van der Waals surface area contributed by atoms with Crippen LogP contribution < -0.4 is 5.32 Å². The number of carbonyl (C=O) groups excluding carboxylic acids is 1. The van der Waals surface area contributed by atoms with Crippen LogP contribution in [0.15, 0.2) is 28.7 Å². The first-order valence-electron chi connectivity index (χ1n) is 6.85. The van der Waals surface area contributed by atoms with Crippen LogP contribution in [0.3, 0.4) is 0 Å². The highest BCUT2D eigenvalue weighted by Gasteiger charge is 2.22. The van der Waals surface area contributed by atoms with Gasteiger partial charge in [-0.1, -0.05) is 35.0 Å². The average molecular weight is 344 g/mol. The fourth-order valence-electron chi connectivity index (χ4n) is 1.93. The summed E-state index contributed by atoms with van der Waals surface area (Å²) in [6.07, 6.45) is -0.591. The number of halogens is 1. The van der Waals surface area contributed by atoms with Crippen molar-refractivity contribution in [2.45, 2.75) is 45.4 Å². The maximum Gasteiger partial charge on any atom is 0.249 e. The molecule has 0 heterocycles. The Labute approximate surface area is 128 Å². The Bertz CT molecular complexity index is 422. The molecular formula is C15H22BrNO3. The van der Waals surface area contributed by atoms with Crippen molar-refractivity contribution in [3.8, 4) is 0 Å². The second-order valence-electron chi connectivity index (χ2n) is 4.65. The molecule has 0 aliphatic heterocycles. The van der Waals surface area contributed by atoms with Crippen molar-refractivity contribution in [3.63, 3.8) is 0 Å². The zero-order valence-electron chi connectivity index (χ0n) is 12.1. The van der Waals surface area contributed by atoms with E-state index in [1.54, 1.807) is 6.92 Å². The van der Waals surface area contributed by atoms with E-state index in [0.29, 0.717) is 13.0 Å². The third-order valence-corrected chi connectivity index (χ3v) is 3.61. The summed E-state index contributed by atoms with van der Waals surface area (Å²) in [5.41, 5.74) is 0.769. The van der Waals surface area contributed by atoms with Crippen molar-refractivity contribution < 1.29 is 14.6 Å². The van der Waals surface area contributed by atoms with E-state index in [0.717, 1.165) is 10.0 Å². The van der Waals surface area contributed by atoms with Gasteiger partial charge in [0.15, 0.2) is 0 Å². The van der Waals surface area contributed by atoms with Crippen LogP contribution >= 0.6 is 15.9 Å². The minimum Gasteiger partial charge on any atom is -0.386 e. The van der Waals surface area contributed by atoms with Crippen LogP contribution in [0.25, 0.3) is 0 Å². The van der Waals surface area contributed by atoms with E-state index in [2.05, 4.69) is 21.2 Å². The minimum atomic E-state index is -0.744. The highest BCUT2D eigenvalue weighted by atomic mass is 79.9. The van der Waals surface area contributed by atoms with E-state index in [4.69, 9.17) is 4.74 Å². The van der Waals surface area contributed by atoms with Crippen molar-refractivity contribution in [2.24, 2.45) is 0 Å². The first kappa shape index (κ1) is 17.1. The Morgan fingerprint density at radius 1 is 1.35 bits per heavy atom. The average Bonchev–Trinajstić information content (AvgIpc) is 2.44. The fraction of sp³-hybridized carbons (Fsp3) is 0.533. The summed E-state index contributed by atoms with van der Waals surface area (Å²) in [4.78, 5) is 12.0. The van der Waals surface area contributed by atoms with Crippen LogP contribution in [0.4, 0.5) is 0 Å². The van der Waals surface area contributed by atoms with Crippen LogP contribution in [0.1, 0.15) is 38.9 Å². The molecule has 3 atom stereocenters. The number of hydrogen-bond donors (Lipinski definition) is 2. The number of ether oxygens (including phenoxy) is 1. The van der Waals surface area contributed by atoms with Crippen LogP contribution in [0.5, 0.6) is 0 Å². The molecule has 5 heteroatoms. The summed E-state index contributed by atoms with van der Waals surface area (Å²) in [5, 5.41) is 13.0. The summed E-state index contributed by atoms with van der Waals surface area (Å²) >= 11 is 3.35. The normalized spacial score (nSPS) is 15.4. The molecule has 0 bridgehead atoms. The molecule has 0 saturated carbocycles. The highest BCUT2D eigenvalue weighted by molar-refractivity contribution is 9.10. The van der Waals surface area contributed by atoms with E-state index < -0.39 is 12.2 Å². The molecule has 0 saturated heterocycles. The Morgan fingerprint density at radius 3 is 2.45 bits per heavy atom. The lowest BCUT2D eigenvalue weighted by Crippen LogP contribution is -2.43. The van der Waals surface area contributed by atoms with Gasteiger partial charge in [0.1, 0.15) is 6.10 Å². The van der Waals surface area contributed by atoms with E-state index in [1.807, 2.05) is 38.1 Å². The minimum absolute atomic E-state index is 0.182. The van der Waals surface area contributed by atoms with E-state index in [1.165, 1.54) is 0 Å². The Balaban J connectivity index is 2.63. The summed E-state index contributed by atoms with van der Waals surface area (Å²) < 4.78 is 6.31. The van der Waals surface area contributed by atoms with Gasteiger partial charge in [0.25, 0.3) is 0 Å². The van der Waals surface area contributed by atoms with Gasteiger partial charge in [-0.25, -0.2) is 0 Å². The third kappa shape index (κ3) is 4.89. The lowest BCUT2D eigenvalue weighted by molar-refractivity contribution is -0.134. The monoisotopic (exact) mass is 343 g/mol. The number of rotatable bonds is 7. The van der Waals surface area contributed by atoms with Gasteiger partial charge in [0, 0.05) is 11.1 Å². The molecule has 20 heavy (non-hydrogen) atoms. The molecular weight excluding hydrogens is 322 g/mol. The number of benzene rings is 1. The van der Waals surface area contributed by atoms with Gasteiger partial charge in [0.05, 0.1) is 12.1 Å². The Hall–Kier alpha value is -0.910. The molecule has 3 unspecified atom stereocenters.